The van der Waals surface area contributed by atoms with Gasteiger partial charge < -0.3 is 16.4 Å². The van der Waals surface area contributed by atoms with E-state index in [1.54, 1.807) is 43.3 Å². The maximum atomic E-state index is 12.9. The zero-order valence-corrected chi connectivity index (χ0v) is 16.2. The van der Waals surface area contributed by atoms with E-state index in [1.807, 2.05) is 19.1 Å². The third-order valence-corrected chi connectivity index (χ3v) is 4.82. The molecule has 1 fully saturated rings. The van der Waals surface area contributed by atoms with E-state index < -0.39 is 35.8 Å². The van der Waals surface area contributed by atoms with Crippen molar-refractivity contribution in [2.75, 3.05) is 11.9 Å². The van der Waals surface area contributed by atoms with Crippen molar-refractivity contribution in [1.29, 1.82) is 0 Å². The molecule has 2 aromatic rings. The molecule has 0 radical (unpaired) electrons. The minimum atomic E-state index is -1.22. The van der Waals surface area contributed by atoms with E-state index >= 15 is 0 Å². The highest BCUT2D eigenvalue weighted by Gasteiger charge is 2.49. The fourth-order valence-electron chi connectivity index (χ4n) is 3.17. The van der Waals surface area contributed by atoms with Crippen LogP contribution in [0.2, 0.25) is 0 Å². The predicted molar refractivity (Wildman–Crippen MR) is 107 cm³/mol. The van der Waals surface area contributed by atoms with Crippen LogP contribution in [-0.2, 0) is 26.3 Å². The van der Waals surface area contributed by atoms with Gasteiger partial charge in [0.1, 0.15) is 12.1 Å². The number of hydrogen-bond acceptors (Lipinski definition) is 4. The van der Waals surface area contributed by atoms with E-state index in [9.17, 15) is 19.2 Å². The second-order valence-corrected chi connectivity index (χ2v) is 7.20. The van der Waals surface area contributed by atoms with Crippen molar-refractivity contribution < 1.29 is 19.2 Å². The second-order valence-electron chi connectivity index (χ2n) is 7.20. The number of anilines is 1. The number of nitrogens with zero attached hydrogens (tertiary/aromatic N) is 1. The summed E-state index contributed by atoms with van der Waals surface area (Å²) >= 11 is 0. The molecule has 4 N–H and O–H groups in total. The molecular formula is C21H22N4O4. The van der Waals surface area contributed by atoms with Gasteiger partial charge in [0.15, 0.2) is 0 Å². The number of nitrogens with two attached hydrogens (primary N) is 1. The van der Waals surface area contributed by atoms with Gasteiger partial charge in [-0.1, -0.05) is 42.0 Å². The normalized spacial score (nSPS) is 18.5. The maximum Gasteiger partial charge on any atom is 0.325 e. The molecule has 1 saturated heterocycles. The van der Waals surface area contributed by atoms with E-state index in [1.165, 1.54) is 0 Å². The second kappa shape index (κ2) is 7.75. The van der Waals surface area contributed by atoms with Crippen LogP contribution in [0.4, 0.5) is 10.5 Å². The van der Waals surface area contributed by atoms with E-state index in [4.69, 9.17) is 5.73 Å². The summed E-state index contributed by atoms with van der Waals surface area (Å²) in [4.78, 5) is 49.4. The van der Waals surface area contributed by atoms with Gasteiger partial charge in [0.2, 0.25) is 11.8 Å². The van der Waals surface area contributed by atoms with Gasteiger partial charge in [-0.25, -0.2) is 4.79 Å². The molecule has 0 spiro atoms. The SMILES string of the molecule is Cc1ccc(C2(C)NC(=O)N(CC(=O)Nc3ccc(CC(N)=O)cc3)C2=O)cc1. The first-order chi connectivity index (χ1) is 13.7. The molecule has 8 nitrogen and oxygen atoms in total. The van der Waals surface area contributed by atoms with Crippen molar-refractivity contribution in [1.82, 2.24) is 10.2 Å². The van der Waals surface area contributed by atoms with Gasteiger partial charge in [-0.2, -0.15) is 0 Å². The molecular weight excluding hydrogens is 372 g/mol. The minimum Gasteiger partial charge on any atom is -0.369 e. The number of rotatable bonds is 6. The summed E-state index contributed by atoms with van der Waals surface area (Å²) in [6, 6.07) is 13.2. The Morgan fingerprint density at radius 2 is 1.69 bits per heavy atom. The molecule has 0 saturated carbocycles. The smallest absolute Gasteiger partial charge is 0.325 e. The van der Waals surface area contributed by atoms with Gasteiger partial charge in [0, 0.05) is 5.69 Å². The summed E-state index contributed by atoms with van der Waals surface area (Å²) < 4.78 is 0. The average molecular weight is 394 g/mol. The Hall–Kier alpha value is -3.68. The van der Waals surface area contributed by atoms with Crippen LogP contribution in [0.25, 0.3) is 0 Å². The van der Waals surface area contributed by atoms with Crippen molar-refractivity contribution in [3.05, 3.63) is 65.2 Å². The Morgan fingerprint density at radius 3 is 2.28 bits per heavy atom. The lowest BCUT2D eigenvalue weighted by Crippen LogP contribution is -2.42. The molecule has 2 aromatic carbocycles. The predicted octanol–water partition coefficient (Wildman–Crippen LogP) is 1.43. The lowest BCUT2D eigenvalue weighted by atomic mass is 9.91. The van der Waals surface area contributed by atoms with Crippen LogP contribution in [0.5, 0.6) is 0 Å². The fourth-order valence-corrected chi connectivity index (χ4v) is 3.17. The van der Waals surface area contributed by atoms with Crippen LogP contribution in [-0.4, -0.2) is 35.2 Å². The maximum absolute atomic E-state index is 12.9. The molecule has 0 aromatic heterocycles. The lowest BCUT2D eigenvalue weighted by molar-refractivity contribution is -0.133. The van der Waals surface area contributed by atoms with Gasteiger partial charge in [-0.3, -0.25) is 19.3 Å². The van der Waals surface area contributed by atoms with Crippen molar-refractivity contribution in [2.45, 2.75) is 25.8 Å². The van der Waals surface area contributed by atoms with Gasteiger partial charge in [0.05, 0.1) is 6.42 Å². The minimum absolute atomic E-state index is 0.105. The number of imide groups is 1. The van der Waals surface area contributed by atoms with Crippen LogP contribution < -0.4 is 16.4 Å². The molecule has 5 amide bonds. The molecule has 1 unspecified atom stereocenters. The van der Waals surface area contributed by atoms with Crippen molar-refractivity contribution in [3.63, 3.8) is 0 Å². The summed E-state index contributed by atoms with van der Waals surface area (Å²) in [5, 5.41) is 5.31. The summed E-state index contributed by atoms with van der Waals surface area (Å²) in [6.45, 7) is 3.14. The largest absolute Gasteiger partial charge is 0.369 e. The Morgan fingerprint density at radius 1 is 1.07 bits per heavy atom. The van der Waals surface area contributed by atoms with Crippen LogP contribution >= 0.6 is 0 Å². The Bertz CT molecular complexity index is 969. The van der Waals surface area contributed by atoms with Crippen molar-refractivity contribution in [2.24, 2.45) is 5.73 Å². The first-order valence-electron chi connectivity index (χ1n) is 9.07. The summed E-state index contributed by atoms with van der Waals surface area (Å²) in [7, 11) is 0. The first kappa shape index (κ1) is 20.1. The molecule has 8 heteroatoms. The lowest BCUT2D eigenvalue weighted by Gasteiger charge is -2.22. The van der Waals surface area contributed by atoms with Crippen LogP contribution in [0, 0.1) is 6.92 Å². The summed E-state index contributed by atoms with van der Waals surface area (Å²) in [5.41, 5.74) is 6.81. The number of nitrogens with one attached hydrogen (secondary N) is 2. The molecule has 3 rings (SSSR count). The number of urea groups is 1. The molecule has 29 heavy (non-hydrogen) atoms. The third kappa shape index (κ3) is 4.26. The van der Waals surface area contributed by atoms with Crippen LogP contribution in [0.1, 0.15) is 23.6 Å². The molecule has 1 aliphatic rings. The third-order valence-electron chi connectivity index (χ3n) is 4.82. The highest BCUT2D eigenvalue weighted by atomic mass is 16.2. The number of carbonyl (C=O) groups excluding carboxylic acids is 4. The average Bonchev–Trinajstić information content (AvgIpc) is 2.87. The Labute approximate surface area is 168 Å². The van der Waals surface area contributed by atoms with E-state index in [-0.39, 0.29) is 6.42 Å². The monoisotopic (exact) mass is 394 g/mol. The first-order valence-corrected chi connectivity index (χ1v) is 9.07. The molecule has 1 atom stereocenters. The molecule has 0 aliphatic carbocycles. The topological polar surface area (TPSA) is 122 Å². The van der Waals surface area contributed by atoms with E-state index in [2.05, 4.69) is 10.6 Å². The summed E-state index contributed by atoms with van der Waals surface area (Å²) in [5.74, 6) is -1.44. The van der Waals surface area contributed by atoms with Crippen LogP contribution in [0.3, 0.4) is 0 Å². The zero-order valence-electron chi connectivity index (χ0n) is 16.2. The highest BCUT2D eigenvalue weighted by molar-refractivity contribution is 6.10. The van der Waals surface area contributed by atoms with Crippen molar-refractivity contribution in [3.8, 4) is 0 Å². The number of benzene rings is 2. The van der Waals surface area contributed by atoms with Gasteiger partial charge in [-0.15, -0.1) is 0 Å². The van der Waals surface area contributed by atoms with Gasteiger partial charge >= 0.3 is 6.03 Å². The quantitative estimate of drug-likeness (QED) is 0.642. The fraction of sp³-hybridized carbons (Fsp3) is 0.238. The zero-order chi connectivity index (χ0) is 21.2. The molecule has 1 aliphatic heterocycles. The number of aryl methyl sites for hydroxylation is 1. The number of hydrogen-bond donors (Lipinski definition) is 3. The Kier molecular flexibility index (Phi) is 5.36. The number of carbonyl (C=O) groups is 4. The van der Waals surface area contributed by atoms with Gasteiger partial charge in [-0.05, 0) is 37.1 Å². The summed E-state index contributed by atoms with van der Waals surface area (Å²) in [6.07, 6.45) is 0.105. The van der Waals surface area contributed by atoms with Crippen molar-refractivity contribution >= 4 is 29.4 Å². The standard InChI is InChI=1S/C21H22N4O4/c1-13-3-7-15(8-4-13)21(2)19(28)25(20(29)24-21)12-18(27)23-16-9-5-14(6-10-16)11-17(22)26/h3-10H,11-12H2,1-2H3,(H2,22,26)(H,23,27)(H,24,29). The van der Waals surface area contributed by atoms with Gasteiger partial charge in [0.25, 0.3) is 5.91 Å². The van der Waals surface area contributed by atoms with E-state index in [0.29, 0.717) is 11.3 Å². The highest BCUT2D eigenvalue weighted by Crippen LogP contribution is 2.29. The molecule has 150 valence electrons. The number of primary amides is 1. The van der Waals surface area contributed by atoms with Crippen LogP contribution in [0.15, 0.2) is 48.5 Å². The molecule has 0 bridgehead atoms. The van der Waals surface area contributed by atoms with E-state index in [0.717, 1.165) is 16.0 Å². The molecule has 1 heterocycles. The number of amides is 5. The Balaban J connectivity index is 1.67.